The Bertz CT molecular complexity index is 409. The Morgan fingerprint density at radius 1 is 1.42 bits per heavy atom. The molecule has 0 aliphatic carbocycles. The first-order valence-corrected chi connectivity index (χ1v) is 7.59. The van der Waals surface area contributed by atoms with Gasteiger partial charge in [0.1, 0.15) is 0 Å². The molecule has 3 heteroatoms. The van der Waals surface area contributed by atoms with Crippen LogP contribution in [0, 0.1) is 17.8 Å². The SMILES string of the molecule is CCC1=NC2=CN(C(C)=O)CCC2CCC1C(C)C. The summed E-state index contributed by atoms with van der Waals surface area (Å²) in [6, 6.07) is 0. The third-order valence-electron chi connectivity index (χ3n) is 4.52. The van der Waals surface area contributed by atoms with Gasteiger partial charge in [-0.25, -0.2) is 0 Å². The molecular weight excluding hydrogens is 236 g/mol. The summed E-state index contributed by atoms with van der Waals surface area (Å²) in [6.07, 6.45) is 6.54. The van der Waals surface area contributed by atoms with Gasteiger partial charge in [0.25, 0.3) is 0 Å². The molecule has 0 aromatic rings. The van der Waals surface area contributed by atoms with Crippen LogP contribution < -0.4 is 0 Å². The van der Waals surface area contributed by atoms with Gasteiger partial charge in [0.15, 0.2) is 0 Å². The quantitative estimate of drug-likeness (QED) is 0.748. The van der Waals surface area contributed by atoms with Gasteiger partial charge in [0.2, 0.25) is 5.91 Å². The second-order valence-electron chi connectivity index (χ2n) is 6.14. The molecule has 1 amide bonds. The van der Waals surface area contributed by atoms with Crippen LogP contribution in [0.5, 0.6) is 0 Å². The summed E-state index contributed by atoms with van der Waals surface area (Å²) in [5.74, 6) is 1.95. The number of rotatable bonds is 2. The van der Waals surface area contributed by atoms with E-state index in [0.717, 1.165) is 25.1 Å². The second kappa shape index (κ2) is 5.89. The lowest BCUT2D eigenvalue weighted by Gasteiger charge is -2.28. The van der Waals surface area contributed by atoms with E-state index < -0.39 is 0 Å². The molecule has 0 fully saturated rings. The molecule has 0 spiro atoms. The Morgan fingerprint density at radius 2 is 2.16 bits per heavy atom. The number of hydrogen-bond acceptors (Lipinski definition) is 2. The normalized spacial score (nSPS) is 27.5. The second-order valence-corrected chi connectivity index (χ2v) is 6.14. The van der Waals surface area contributed by atoms with Crippen molar-refractivity contribution in [2.75, 3.05) is 6.54 Å². The summed E-state index contributed by atoms with van der Waals surface area (Å²) in [4.78, 5) is 18.3. The number of carbonyl (C=O) groups is 1. The Morgan fingerprint density at radius 3 is 2.74 bits per heavy atom. The lowest BCUT2D eigenvalue weighted by molar-refractivity contribution is -0.126. The van der Waals surface area contributed by atoms with E-state index in [-0.39, 0.29) is 5.91 Å². The minimum Gasteiger partial charge on any atom is -0.317 e. The average Bonchev–Trinajstić information content (AvgIpc) is 2.56. The number of hydrogen-bond donors (Lipinski definition) is 0. The lowest BCUT2D eigenvalue weighted by atomic mass is 9.84. The van der Waals surface area contributed by atoms with Crippen LogP contribution in [0.3, 0.4) is 0 Å². The molecule has 2 aliphatic rings. The predicted molar refractivity (Wildman–Crippen MR) is 78.9 cm³/mol. The average molecular weight is 262 g/mol. The smallest absolute Gasteiger partial charge is 0.223 e. The van der Waals surface area contributed by atoms with Crippen LogP contribution in [0.25, 0.3) is 0 Å². The molecule has 2 aliphatic heterocycles. The summed E-state index contributed by atoms with van der Waals surface area (Å²) < 4.78 is 0. The molecule has 0 N–H and O–H groups in total. The molecule has 0 radical (unpaired) electrons. The molecular formula is C16H26N2O. The predicted octanol–water partition coefficient (Wildman–Crippen LogP) is 3.61. The monoisotopic (exact) mass is 262 g/mol. The zero-order valence-corrected chi connectivity index (χ0v) is 12.6. The fourth-order valence-electron chi connectivity index (χ4n) is 3.29. The largest absolute Gasteiger partial charge is 0.317 e. The third-order valence-corrected chi connectivity index (χ3v) is 4.52. The van der Waals surface area contributed by atoms with Gasteiger partial charge < -0.3 is 4.90 Å². The van der Waals surface area contributed by atoms with Gasteiger partial charge in [-0.05, 0) is 37.5 Å². The highest BCUT2D eigenvalue weighted by atomic mass is 16.2. The van der Waals surface area contributed by atoms with E-state index in [0.29, 0.717) is 17.8 Å². The van der Waals surface area contributed by atoms with Crippen LogP contribution in [0.4, 0.5) is 0 Å². The molecule has 0 bridgehead atoms. The van der Waals surface area contributed by atoms with Crippen LogP contribution in [0.15, 0.2) is 16.9 Å². The van der Waals surface area contributed by atoms with Crippen molar-refractivity contribution in [1.29, 1.82) is 0 Å². The molecule has 0 aromatic heterocycles. The maximum absolute atomic E-state index is 11.5. The number of allylic oxidation sites excluding steroid dienone is 1. The summed E-state index contributed by atoms with van der Waals surface area (Å²) in [5.41, 5.74) is 2.47. The Kier molecular flexibility index (Phi) is 4.43. The van der Waals surface area contributed by atoms with Crippen LogP contribution >= 0.6 is 0 Å². The van der Waals surface area contributed by atoms with Gasteiger partial charge in [-0.2, -0.15) is 0 Å². The van der Waals surface area contributed by atoms with Crippen LogP contribution in [0.2, 0.25) is 0 Å². The van der Waals surface area contributed by atoms with Crippen LogP contribution in [0.1, 0.15) is 53.4 Å². The molecule has 19 heavy (non-hydrogen) atoms. The molecule has 0 saturated carbocycles. The molecule has 0 aromatic carbocycles. The van der Waals surface area contributed by atoms with E-state index in [2.05, 4.69) is 20.8 Å². The van der Waals surface area contributed by atoms with Crippen LogP contribution in [-0.4, -0.2) is 23.1 Å². The number of nitrogens with zero attached hydrogens (tertiary/aromatic N) is 2. The zero-order chi connectivity index (χ0) is 14.0. The van der Waals surface area contributed by atoms with Crippen molar-refractivity contribution in [2.45, 2.75) is 53.4 Å². The van der Waals surface area contributed by atoms with Gasteiger partial charge in [0.05, 0.1) is 5.70 Å². The fourth-order valence-corrected chi connectivity index (χ4v) is 3.29. The van der Waals surface area contributed by atoms with Crippen molar-refractivity contribution in [2.24, 2.45) is 22.7 Å². The Labute approximate surface area is 116 Å². The Balaban J connectivity index is 2.30. The summed E-state index contributed by atoms with van der Waals surface area (Å²) in [7, 11) is 0. The number of amides is 1. The topological polar surface area (TPSA) is 32.7 Å². The van der Waals surface area contributed by atoms with E-state index >= 15 is 0 Å². The van der Waals surface area contributed by atoms with Gasteiger partial charge in [-0.3, -0.25) is 9.79 Å². The number of aliphatic imine (C=N–C) groups is 1. The molecule has 2 unspecified atom stereocenters. The van der Waals surface area contributed by atoms with Crippen molar-refractivity contribution < 1.29 is 4.79 Å². The lowest BCUT2D eigenvalue weighted by Crippen LogP contribution is -2.30. The summed E-state index contributed by atoms with van der Waals surface area (Å²) in [6.45, 7) is 9.27. The number of fused-ring (bicyclic) bond motifs is 1. The van der Waals surface area contributed by atoms with Crippen molar-refractivity contribution in [1.82, 2.24) is 4.90 Å². The first-order valence-electron chi connectivity index (χ1n) is 7.59. The van der Waals surface area contributed by atoms with Crippen molar-refractivity contribution in [3.63, 3.8) is 0 Å². The summed E-state index contributed by atoms with van der Waals surface area (Å²) >= 11 is 0. The Hall–Kier alpha value is -1.12. The standard InChI is InChI=1S/C16H26N2O/c1-5-15-14(11(2)3)7-6-13-8-9-18(12(4)19)10-16(13)17-15/h10-11,13-14H,5-9H2,1-4H3. The van der Waals surface area contributed by atoms with Crippen molar-refractivity contribution in [3.8, 4) is 0 Å². The fraction of sp³-hybridized carbons (Fsp3) is 0.750. The van der Waals surface area contributed by atoms with Crippen molar-refractivity contribution in [3.05, 3.63) is 11.9 Å². The maximum Gasteiger partial charge on any atom is 0.223 e. The van der Waals surface area contributed by atoms with Gasteiger partial charge >= 0.3 is 0 Å². The van der Waals surface area contributed by atoms with E-state index in [1.807, 2.05) is 11.1 Å². The van der Waals surface area contributed by atoms with Gasteiger partial charge in [-0.15, -0.1) is 0 Å². The molecule has 2 rings (SSSR count). The zero-order valence-electron chi connectivity index (χ0n) is 12.6. The van der Waals surface area contributed by atoms with E-state index in [4.69, 9.17) is 4.99 Å². The van der Waals surface area contributed by atoms with Gasteiger partial charge in [0, 0.05) is 31.3 Å². The highest BCUT2D eigenvalue weighted by Crippen LogP contribution is 2.35. The maximum atomic E-state index is 11.5. The van der Waals surface area contributed by atoms with Crippen LogP contribution in [-0.2, 0) is 4.79 Å². The molecule has 2 heterocycles. The molecule has 106 valence electrons. The molecule has 0 saturated heterocycles. The number of carbonyl (C=O) groups excluding carboxylic acids is 1. The minimum absolute atomic E-state index is 0.129. The first kappa shape index (κ1) is 14.3. The first-order chi connectivity index (χ1) is 9.02. The highest BCUT2D eigenvalue weighted by molar-refractivity contribution is 5.88. The minimum atomic E-state index is 0.129. The molecule has 3 nitrogen and oxygen atoms in total. The van der Waals surface area contributed by atoms with Crippen molar-refractivity contribution >= 4 is 11.6 Å². The van der Waals surface area contributed by atoms with Gasteiger partial charge in [-0.1, -0.05) is 20.8 Å². The summed E-state index contributed by atoms with van der Waals surface area (Å²) in [5, 5.41) is 0. The van der Waals surface area contributed by atoms with E-state index in [1.165, 1.54) is 18.6 Å². The van der Waals surface area contributed by atoms with E-state index in [9.17, 15) is 4.79 Å². The highest BCUT2D eigenvalue weighted by Gasteiger charge is 2.29. The third kappa shape index (κ3) is 3.07. The van der Waals surface area contributed by atoms with E-state index in [1.54, 1.807) is 6.92 Å². The molecule has 2 atom stereocenters.